The van der Waals surface area contributed by atoms with Gasteiger partial charge in [-0.1, -0.05) is 0 Å². The van der Waals surface area contributed by atoms with Crippen LogP contribution in [0.4, 0.5) is 0 Å². The van der Waals surface area contributed by atoms with Gasteiger partial charge in [0.2, 0.25) is 5.91 Å². The number of nitrogens with zero attached hydrogens (tertiary/aromatic N) is 2. The molecule has 0 saturated carbocycles. The molecule has 1 aliphatic rings. The number of imide groups is 1. The van der Waals surface area contributed by atoms with Gasteiger partial charge in [-0.05, 0) is 32.4 Å². The van der Waals surface area contributed by atoms with Gasteiger partial charge < -0.3 is 4.90 Å². The van der Waals surface area contributed by atoms with Crippen LogP contribution in [-0.2, 0) is 9.59 Å². The van der Waals surface area contributed by atoms with E-state index in [1.54, 1.807) is 26.1 Å². The van der Waals surface area contributed by atoms with Gasteiger partial charge in [0.05, 0.1) is 5.56 Å². The Balaban J connectivity index is 2.36. The Morgan fingerprint density at radius 1 is 1.37 bits per heavy atom. The van der Waals surface area contributed by atoms with Crippen molar-refractivity contribution in [3.8, 4) is 0 Å². The minimum Gasteiger partial charge on any atom is -0.315 e. The number of rotatable bonds is 1. The number of carbonyl (C=O) groups excluding carboxylic acids is 3. The highest BCUT2D eigenvalue weighted by Crippen LogP contribution is 2.21. The highest BCUT2D eigenvalue weighted by Gasteiger charge is 2.43. The van der Waals surface area contributed by atoms with Gasteiger partial charge in [0.25, 0.3) is 11.8 Å². The first-order valence-corrected chi connectivity index (χ1v) is 5.90. The standard InChI is InChI=1S/C13H15N3O3/c1-8-4-9(6-14-5-8)11(18)16-7-10(17)15-12(19)13(16,2)3/h4-6H,7H2,1-3H3,(H,15,17,19). The Labute approximate surface area is 110 Å². The summed E-state index contributed by atoms with van der Waals surface area (Å²) >= 11 is 0. The van der Waals surface area contributed by atoms with Crippen LogP contribution in [0.1, 0.15) is 29.8 Å². The summed E-state index contributed by atoms with van der Waals surface area (Å²) in [6, 6.07) is 1.68. The minimum absolute atomic E-state index is 0.133. The molecule has 6 nitrogen and oxygen atoms in total. The van der Waals surface area contributed by atoms with Crippen LogP contribution in [0, 0.1) is 6.92 Å². The van der Waals surface area contributed by atoms with Crippen LogP contribution in [0.15, 0.2) is 18.5 Å². The van der Waals surface area contributed by atoms with E-state index in [-0.39, 0.29) is 12.5 Å². The van der Waals surface area contributed by atoms with Crippen molar-refractivity contribution in [1.82, 2.24) is 15.2 Å². The number of aromatic nitrogens is 1. The third-order valence-electron chi connectivity index (χ3n) is 3.15. The van der Waals surface area contributed by atoms with E-state index in [1.165, 1.54) is 11.1 Å². The fourth-order valence-electron chi connectivity index (χ4n) is 1.94. The SMILES string of the molecule is Cc1cncc(C(=O)N2CC(=O)NC(=O)C2(C)C)c1. The summed E-state index contributed by atoms with van der Waals surface area (Å²) in [5.74, 6) is -1.32. The number of hydrogen-bond acceptors (Lipinski definition) is 4. The first-order chi connectivity index (χ1) is 8.82. The normalized spacial score (nSPS) is 18.2. The second-order valence-corrected chi connectivity index (χ2v) is 5.08. The van der Waals surface area contributed by atoms with E-state index in [0.717, 1.165) is 5.56 Å². The molecule has 2 rings (SSSR count). The minimum atomic E-state index is -1.06. The maximum absolute atomic E-state index is 12.4. The number of hydrogen-bond donors (Lipinski definition) is 1. The molecule has 1 aromatic rings. The summed E-state index contributed by atoms with van der Waals surface area (Å²) in [5.41, 5.74) is 0.154. The van der Waals surface area contributed by atoms with Gasteiger partial charge in [-0.2, -0.15) is 0 Å². The van der Waals surface area contributed by atoms with Crippen LogP contribution < -0.4 is 5.32 Å². The van der Waals surface area contributed by atoms with Gasteiger partial charge in [-0.15, -0.1) is 0 Å². The Bertz CT molecular complexity index is 566. The lowest BCUT2D eigenvalue weighted by Crippen LogP contribution is -2.65. The number of piperazine rings is 1. The molecule has 0 aromatic carbocycles. The molecule has 0 atom stereocenters. The second-order valence-electron chi connectivity index (χ2n) is 5.08. The Morgan fingerprint density at radius 3 is 2.68 bits per heavy atom. The molecule has 2 heterocycles. The van der Waals surface area contributed by atoms with Crippen molar-refractivity contribution in [2.45, 2.75) is 26.3 Å². The zero-order valence-electron chi connectivity index (χ0n) is 11.1. The number of carbonyl (C=O) groups is 3. The lowest BCUT2D eigenvalue weighted by atomic mass is 9.97. The van der Waals surface area contributed by atoms with E-state index in [0.29, 0.717) is 5.56 Å². The number of pyridine rings is 1. The van der Waals surface area contributed by atoms with E-state index < -0.39 is 17.4 Å². The highest BCUT2D eigenvalue weighted by molar-refractivity contribution is 6.08. The van der Waals surface area contributed by atoms with Crippen LogP contribution in [0.5, 0.6) is 0 Å². The van der Waals surface area contributed by atoms with Crippen LogP contribution >= 0.6 is 0 Å². The summed E-state index contributed by atoms with van der Waals surface area (Å²) in [6.45, 7) is 4.90. The Morgan fingerprint density at radius 2 is 2.05 bits per heavy atom. The van der Waals surface area contributed by atoms with E-state index in [1.807, 2.05) is 6.92 Å². The molecule has 1 saturated heterocycles. The molecule has 0 radical (unpaired) electrons. The predicted octanol–water partition coefficient (Wildman–Crippen LogP) is 0.267. The third kappa shape index (κ3) is 2.33. The van der Waals surface area contributed by atoms with Crippen molar-refractivity contribution >= 4 is 17.7 Å². The maximum Gasteiger partial charge on any atom is 0.256 e. The molecule has 3 amide bonds. The lowest BCUT2D eigenvalue weighted by molar-refractivity contribution is -0.143. The molecular weight excluding hydrogens is 246 g/mol. The summed E-state index contributed by atoms with van der Waals surface area (Å²) in [4.78, 5) is 40.9. The zero-order chi connectivity index (χ0) is 14.2. The van der Waals surface area contributed by atoms with E-state index in [9.17, 15) is 14.4 Å². The molecule has 0 spiro atoms. The number of nitrogens with one attached hydrogen (secondary N) is 1. The molecule has 0 unspecified atom stereocenters. The monoisotopic (exact) mass is 261 g/mol. The van der Waals surface area contributed by atoms with Crippen molar-refractivity contribution in [1.29, 1.82) is 0 Å². The van der Waals surface area contributed by atoms with E-state index >= 15 is 0 Å². The molecule has 1 N–H and O–H groups in total. The average Bonchev–Trinajstić information content (AvgIpc) is 2.33. The van der Waals surface area contributed by atoms with Crippen molar-refractivity contribution in [2.75, 3.05) is 6.54 Å². The van der Waals surface area contributed by atoms with Gasteiger partial charge in [0.1, 0.15) is 12.1 Å². The molecule has 6 heteroatoms. The molecule has 100 valence electrons. The molecule has 1 aliphatic heterocycles. The first kappa shape index (κ1) is 13.2. The van der Waals surface area contributed by atoms with Gasteiger partial charge in [0, 0.05) is 12.4 Å². The average molecular weight is 261 g/mol. The van der Waals surface area contributed by atoms with Crippen LogP contribution in [0.3, 0.4) is 0 Å². The fourth-order valence-corrected chi connectivity index (χ4v) is 1.94. The lowest BCUT2D eigenvalue weighted by Gasteiger charge is -2.40. The summed E-state index contributed by atoms with van der Waals surface area (Å²) in [6.07, 6.45) is 3.07. The Kier molecular flexibility index (Phi) is 3.09. The van der Waals surface area contributed by atoms with Gasteiger partial charge >= 0.3 is 0 Å². The molecule has 19 heavy (non-hydrogen) atoms. The smallest absolute Gasteiger partial charge is 0.256 e. The molecule has 1 fully saturated rings. The van der Waals surface area contributed by atoms with Crippen molar-refractivity contribution in [3.05, 3.63) is 29.6 Å². The van der Waals surface area contributed by atoms with Crippen LogP contribution in [0.2, 0.25) is 0 Å². The van der Waals surface area contributed by atoms with Crippen molar-refractivity contribution < 1.29 is 14.4 Å². The predicted molar refractivity (Wildman–Crippen MR) is 67.2 cm³/mol. The molecule has 0 aliphatic carbocycles. The Hall–Kier alpha value is -2.24. The van der Waals surface area contributed by atoms with Crippen LogP contribution in [-0.4, -0.2) is 39.7 Å². The quantitative estimate of drug-likeness (QED) is 0.736. The third-order valence-corrected chi connectivity index (χ3v) is 3.15. The summed E-state index contributed by atoms with van der Waals surface area (Å²) in [7, 11) is 0. The molecular formula is C13H15N3O3. The maximum atomic E-state index is 12.4. The van der Waals surface area contributed by atoms with Crippen molar-refractivity contribution in [2.24, 2.45) is 0 Å². The fraction of sp³-hybridized carbons (Fsp3) is 0.385. The first-order valence-electron chi connectivity index (χ1n) is 5.90. The van der Waals surface area contributed by atoms with Gasteiger partial charge in [-0.25, -0.2) is 0 Å². The van der Waals surface area contributed by atoms with Crippen LogP contribution in [0.25, 0.3) is 0 Å². The zero-order valence-corrected chi connectivity index (χ0v) is 11.1. The summed E-state index contributed by atoms with van der Waals surface area (Å²) < 4.78 is 0. The van der Waals surface area contributed by atoms with Gasteiger partial charge in [-0.3, -0.25) is 24.7 Å². The summed E-state index contributed by atoms with van der Waals surface area (Å²) in [5, 5.41) is 2.23. The molecule has 0 bridgehead atoms. The molecule has 1 aromatic heterocycles. The number of amides is 3. The van der Waals surface area contributed by atoms with E-state index in [2.05, 4.69) is 10.3 Å². The topological polar surface area (TPSA) is 79.4 Å². The van der Waals surface area contributed by atoms with Gasteiger partial charge in [0.15, 0.2) is 0 Å². The van der Waals surface area contributed by atoms with E-state index in [4.69, 9.17) is 0 Å². The largest absolute Gasteiger partial charge is 0.315 e. The van der Waals surface area contributed by atoms with Crippen molar-refractivity contribution in [3.63, 3.8) is 0 Å². The highest BCUT2D eigenvalue weighted by atomic mass is 16.2. The second kappa shape index (κ2) is 4.46. The number of aryl methyl sites for hydroxylation is 1.